The summed E-state index contributed by atoms with van der Waals surface area (Å²) in [5, 5.41) is 76.2. The zero-order valence-electron chi connectivity index (χ0n) is 48.5. The number of aliphatic hydroxyl groups is 7. The lowest BCUT2D eigenvalue weighted by molar-refractivity contribution is -0.303. The first kappa shape index (κ1) is 71.3. The van der Waals surface area contributed by atoms with Gasteiger partial charge in [-0.3, -0.25) is 4.79 Å². The first-order valence-electron chi connectivity index (χ1n) is 31.9. The highest BCUT2D eigenvalue weighted by atomic mass is 16.7. The van der Waals surface area contributed by atoms with Gasteiger partial charge in [-0.2, -0.15) is 0 Å². The second-order valence-electron chi connectivity index (χ2n) is 22.5. The predicted molar refractivity (Wildman–Crippen MR) is 312 cm³/mol. The van der Waals surface area contributed by atoms with Crippen LogP contribution in [0, 0.1) is 0 Å². The molecule has 0 radical (unpaired) electrons. The summed E-state index contributed by atoms with van der Waals surface area (Å²) in [5.41, 5.74) is 0. The second-order valence-corrected chi connectivity index (χ2v) is 22.5. The summed E-state index contributed by atoms with van der Waals surface area (Å²) in [6, 6.07) is -1.19. The maximum atomic E-state index is 13.2. The van der Waals surface area contributed by atoms with Crippen LogP contribution in [-0.2, 0) is 14.3 Å². The molecule has 1 heterocycles. The van der Waals surface area contributed by atoms with Gasteiger partial charge in [0.15, 0.2) is 6.29 Å². The van der Waals surface area contributed by atoms with Crippen molar-refractivity contribution in [3.05, 3.63) is 36.5 Å². The van der Waals surface area contributed by atoms with Crippen LogP contribution in [0.2, 0.25) is 0 Å². The molecule has 1 saturated heterocycles. The van der Waals surface area contributed by atoms with E-state index in [1.807, 2.05) is 0 Å². The van der Waals surface area contributed by atoms with Gasteiger partial charge in [0.25, 0.3) is 0 Å². The topological polar surface area (TPSA) is 189 Å². The highest BCUT2D eigenvalue weighted by molar-refractivity contribution is 5.80. The Hall–Kier alpha value is -1.67. The molecule has 1 aliphatic heterocycles. The number of unbranched alkanes of at least 4 members (excludes halogenated alkanes) is 37. The maximum Gasteiger partial charge on any atom is 0.249 e. The Balaban J connectivity index is 2.24. The van der Waals surface area contributed by atoms with Crippen LogP contribution in [0.15, 0.2) is 36.5 Å². The highest BCUT2D eigenvalue weighted by Crippen LogP contribution is 2.23. The van der Waals surface area contributed by atoms with Crippen molar-refractivity contribution in [3.8, 4) is 0 Å². The van der Waals surface area contributed by atoms with E-state index < -0.39 is 74.2 Å². The fourth-order valence-corrected chi connectivity index (χ4v) is 10.2. The SMILES string of the molecule is CCCCCCCCCCC/C=C/CC/C=C/CCCC(O)C(O)C(COC1OC(CO)C(O)C(O)C1O)NC(=O)C(O)CCCCCCCCCCCCCCCC/C=C\CCCCCCCCCCCCCC. The zero-order valence-corrected chi connectivity index (χ0v) is 48.5. The molecular formula is C64H121NO10. The molecule has 0 spiro atoms. The molecule has 0 aromatic rings. The lowest BCUT2D eigenvalue weighted by atomic mass is 9.98. The third-order valence-electron chi connectivity index (χ3n) is 15.4. The van der Waals surface area contributed by atoms with E-state index in [2.05, 4.69) is 55.6 Å². The molecule has 9 atom stereocenters. The van der Waals surface area contributed by atoms with Gasteiger partial charge in [-0.25, -0.2) is 0 Å². The van der Waals surface area contributed by atoms with Crippen LogP contribution in [0.1, 0.15) is 296 Å². The monoisotopic (exact) mass is 1060 g/mol. The molecule has 442 valence electrons. The van der Waals surface area contributed by atoms with Gasteiger partial charge in [-0.15, -0.1) is 0 Å². The van der Waals surface area contributed by atoms with Crippen LogP contribution in [-0.4, -0.2) is 110 Å². The zero-order chi connectivity index (χ0) is 54.7. The number of amides is 1. The Morgan fingerprint density at radius 2 is 0.800 bits per heavy atom. The van der Waals surface area contributed by atoms with Crippen LogP contribution < -0.4 is 5.32 Å². The molecule has 8 N–H and O–H groups in total. The number of allylic oxidation sites excluding steroid dienone is 6. The van der Waals surface area contributed by atoms with E-state index in [1.54, 1.807) is 0 Å². The fraction of sp³-hybridized carbons (Fsp3) is 0.891. The summed E-state index contributed by atoms with van der Waals surface area (Å²) < 4.78 is 11.1. The molecule has 11 nitrogen and oxygen atoms in total. The van der Waals surface area contributed by atoms with E-state index in [0.717, 1.165) is 38.5 Å². The van der Waals surface area contributed by atoms with E-state index in [-0.39, 0.29) is 12.8 Å². The van der Waals surface area contributed by atoms with E-state index in [0.29, 0.717) is 19.3 Å². The molecule has 11 heteroatoms. The molecular weight excluding hydrogens is 943 g/mol. The van der Waals surface area contributed by atoms with Gasteiger partial charge in [-0.1, -0.05) is 256 Å². The normalized spacial score (nSPS) is 19.9. The lowest BCUT2D eigenvalue weighted by Crippen LogP contribution is -2.60. The minimum absolute atomic E-state index is 0.247. The molecule has 0 aromatic carbocycles. The summed E-state index contributed by atoms with van der Waals surface area (Å²) in [6.07, 6.45) is 55.0. The number of ether oxygens (including phenoxy) is 2. The van der Waals surface area contributed by atoms with Crippen molar-refractivity contribution in [2.45, 2.75) is 351 Å². The third-order valence-corrected chi connectivity index (χ3v) is 15.4. The molecule has 0 bridgehead atoms. The smallest absolute Gasteiger partial charge is 0.249 e. The number of aliphatic hydroxyl groups excluding tert-OH is 7. The standard InChI is InChI=1S/C64H121NO10/c1-3-5-7-9-11-13-15-17-19-21-23-24-25-26-27-28-29-30-31-32-33-34-36-38-40-42-44-46-48-50-52-57(68)63(73)65-55(54-74-64-62(72)61(71)60(70)58(53-66)75-64)59(69)56(67)51-49-47-45-43-41-39-37-35-22-20-18-16-14-12-10-8-6-4-2/h26-27,35,37,43,45,55-62,64,66-72H,3-25,28-34,36,38-42,44,46-54H2,1-2H3,(H,65,73)/b27-26-,37-35+,45-43+. The Morgan fingerprint density at radius 3 is 1.19 bits per heavy atom. The van der Waals surface area contributed by atoms with Gasteiger partial charge in [0.1, 0.15) is 36.6 Å². The van der Waals surface area contributed by atoms with Crippen molar-refractivity contribution in [3.63, 3.8) is 0 Å². The number of nitrogens with one attached hydrogen (secondary N) is 1. The molecule has 9 unspecified atom stereocenters. The summed E-state index contributed by atoms with van der Waals surface area (Å²) in [6.45, 7) is 3.46. The van der Waals surface area contributed by atoms with Crippen molar-refractivity contribution in [2.75, 3.05) is 13.2 Å². The number of hydrogen-bond donors (Lipinski definition) is 8. The molecule has 0 aromatic heterocycles. The first-order chi connectivity index (χ1) is 36.7. The Bertz CT molecular complexity index is 1310. The minimum Gasteiger partial charge on any atom is -0.394 e. The average molecular weight is 1060 g/mol. The maximum absolute atomic E-state index is 13.2. The third kappa shape index (κ3) is 41.1. The van der Waals surface area contributed by atoms with E-state index in [1.165, 1.54) is 212 Å². The first-order valence-corrected chi connectivity index (χ1v) is 31.9. The second kappa shape index (κ2) is 53.0. The number of carbonyl (C=O) groups is 1. The molecule has 0 aliphatic carbocycles. The van der Waals surface area contributed by atoms with Crippen LogP contribution in [0.5, 0.6) is 0 Å². The molecule has 75 heavy (non-hydrogen) atoms. The summed E-state index contributed by atoms with van der Waals surface area (Å²) in [5.74, 6) is -0.707. The van der Waals surface area contributed by atoms with Crippen LogP contribution in [0.25, 0.3) is 0 Å². The van der Waals surface area contributed by atoms with Gasteiger partial charge in [-0.05, 0) is 77.0 Å². The lowest BCUT2D eigenvalue weighted by Gasteiger charge is -2.40. The van der Waals surface area contributed by atoms with Crippen molar-refractivity contribution in [1.82, 2.24) is 5.32 Å². The van der Waals surface area contributed by atoms with Crippen molar-refractivity contribution in [1.29, 1.82) is 0 Å². The summed E-state index contributed by atoms with van der Waals surface area (Å²) in [4.78, 5) is 13.2. The van der Waals surface area contributed by atoms with Gasteiger partial charge in [0.2, 0.25) is 5.91 Å². The number of hydrogen-bond acceptors (Lipinski definition) is 10. The van der Waals surface area contributed by atoms with Crippen molar-refractivity contribution in [2.24, 2.45) is 0 Å². The van der Waals surface area contributed by atoms with Crippen molar-refractivity contribution < 1.29 is 50.0 Å². The van der Waals surface area contributed by atoms with Crippen LogP contribution >= 0.6 is 0 Å². The van der Waals surface area contributed by atoms with E-state index >= 15 is 0 Å². The molecule has 1 aliphatic rings. The Labute approximate surface area is 460 Å². The molecule has 0 saturated carbocycles. The highest BCUT2D eigenvalue weighted by Gasteiger charge is 2.44. The summed E-state index contributed by atoms with van der Waals surface area (Å²) >= 11 is 0. The van der Waals surface area contributed by atoms with E-state index in [4.69, 9.17) is 9.47 Å². The minimum atomic E-state index is -1.67. The molecule has 1 rings (SSSR count). The average Bonchev–Trinajstić information content (AvgIpc) is 3.41. The van der Waals surface area contributed by atoms with Crippen LogP contribution in [0.4, 0.5) is 0 Å². The van der Waals surface area contributed by atoms with Crippen LogP contribution in [0.3, 0.4) is 0 Å². The fourth-order valence-electron chi connectivity index (χ4n) is 10.2. The van der Waals surface area contributed by atoms with Crippen molar-refractivity contribution >= 4 is 5.91 Å². The quantitative estimate of drug-likeness (QED) is 0.0215. The number of carbonyl (C=O) groups excluding carboxylic acids is 1. The molecule has 1 fully saturated rings. The van der Waals surface area contributed by atoms with Gasteiger partial charge in [0.05, 0.1) is 25.4 Å². The van der Waals surface area contributed by atoms with Gasteiger partial charge < -0.3 is 50.5 Å². The summed E-state index contributed by atoms with van der Waals surface area (Å²) in [7, 11) is 0. The van der Waals surface area contributed by atoms with Gasteiger partial charge >= 0.3 is 0 Å². The largest absolute Gasteiger partial charge is 0.394 e. The Kier molecular flexibility index (Phi) is 50.4. The number of rotatable bonds is 55. The Morgan fingerprint density at radius 1 is 0.453 bits per heavy atom. The molecule has 1 amide bonds. The predicted octanol–water partition coefficient (Wildman–Crippen LogP) is 14.2. The van der Waals surface area contributed by atoms with Gasteiger partial charge in [0, 0.05) is 0 Å². The van der Waals surface area contributed by atoms with E-state index in [9.17, 15) is 40.5 Å².